The standard InChI is InChI=1S/C12H14O4/c1-8(13)10-5-4-6-11(7-10)16-9(2)12(14)15-3/h4-7,9H,1-3H3. The van der Waals surface area contributed by atoms with Crippen LogP contribution in [0.25, 0.3) is 0 Å². The van der Waals surface area contributed by atoms with Crippen molar-refractivity contribution in [1.82, 2.24) is 0 Å². The number of carbonyl (C=O) groups excluding carboxylic acids is 2. The second-order valence-corrected chi connectivity index (χ2v) is 3.37. The average Bonchev–Trinajstić information content (AvgIpc) is 2.28. The highest BCUT2D eigenvalue weighted by Crippen LogP contribution is 2.15. The Hall–Kier alpha value is -1.84. The fraction of sp³-hybridized carbons (Fsp3) is 0.333. The SMILES string of the molecule is COC(=O)C(C)Oc1cccc(C(C)=O)c1. The van der Waals surface area contributed by atoms with Crippen LogP contribution in [-0.2, 0) is 9.53 Å². The van der Waals surface area contributed by atoms with Crippen LogP contribution in [0.4, 0.5) is 0 Å². The minimum absolute atomic E-state index is 0.0452. The van der Waals surface area contributed by atoms with Gasteiger partial charge in [0.2, 0.25) is 0 Å². The third kappa shape index (κ3) is 3.08. The number of carbonyl (C=O) groups is 2. The summed E-state index contributed by atoms with van der Waals surface area (Å²) in [7, 11) is 1.30. The van der Waals surface area contributed by atoms with Gasteiger partial charge >= 0.3 is 5.97 Å². The largest absolute Gasteiger partial charge is 0.479 e. The smallest absolute Gasteiger partial charge is 0.346 e. The van der Waals surface area contributed by atoms with Gasteiger partial charge in [-0.15, -0.1) is 0 Å². The number of benzene rings is 1. The van der Waals surface area contributed by atoms with Crippen molar-refractivity contribution in [2.75, 3.05) is 7.11 Å². The van der Waals surface area contributed by atoms with Gasteiger partial charge in [-0.3, -0.25) is 4.79 Å². The van der Waals surface area contributed by atoms with Crippen molar-refractivity contribution in [3.05, 3.63) is 29.8 Å². The summed E-state index contributed by atoms with van der Waals surface area (Å²) in [5.41, 5.74) is 0.551. The lowest BCUT2D eigenvalue weighted by Gasteiger charge is -2.12. The molecule has 86 valence electrons. The van der Waals surface area contributed by atoms with E-state index in [2.05, 4.69) is 4.74 Å². The minimum atomic E-state index is -0.688. The molecule has 1 aromatic carbocycles. The first-order valence-electron chi connectivity index (χ1n) is 4.90. The molecule has 0 bridgehead atoms. The van der Waals surface area contributed by atoms with Gasteiger partial charge in [0.15, 0.2) is 11.9 Å². The predicted octanol–water partition coefficient (Wildman–Crippen LogP) is 1.83. The van der Waals surface area contributed by atoms with Gasteiger partial charge in [0.25, 0.3) is 0 Å². The second-order valence-electron chi connectivity index (χ2n) is 3.37. The summed E-state index contributed by atoms with van der Waals surface area (Å²) in [4.78, 5) is 22.2. The maximum absolute atomic E-state index is 11.1. The van der Waals surface area contributed by atoms with E-state index in [9.17, 15) is 9.59 Å². The van der Waals surface area contributed by atoms with Gasteiger partial charge < -0.3 is 9.47 Å². The first-order valence-corrected chi connectivity index (χ1v) is 4.90. The van der Waals surface area contributed by atoms with Crippen LogP contribution >= 0.6 is 0 Å². The van der Waals surface area contributed by atoms with E-state index in [4.69, 9.17) is 4.74 Å². The summed E-state index contributed by atoms with van der Waals surface area (Å²) in [6, 6.07) is 6.68. The molecule has 0 aromatic heterocycles. The molecule has 0 heterocycles. The summed E-state index contributed by atoms with van der Waals surface area (Å²) in [6.07, 6.45) is -0.688. The lowest BCUT2D eigenvalue weighted by molar-refractivity contribution is -0.147. The van der Waals surface area contributed by atoms with Gasteiger partial charge in [0, 0.05) is 5.56 Å². The average molecular weight is 222 g/mol. The molecule has 1 atom stereocenters. The Morgan fingerprint density at radius 3 is 2.56 bits per heavy atom. The molecule has 0 fully saturated rings. The van der Waals surface area contributed by atoms with Crippen LogP contribution in [0.3, 0.4) is 0 Å². The molecular formula is C12H14O4. The van der Waals surface area contributed by atoms with Gasteiger partial charge in [-0.2, -0.15) is 0 Å². The monoisotopic (exact) mass is 222 g/mol. The van der Waals surface area contributed by atoms with Gasteiger partial charge in [-0.05, 0) is 26.0 Å². The zero-order valence-electron chi connectivity index (χ0n) is 9.52. The van der Waals surface area contributed by atoms with Crippen molar-refractivity contribution >= 4 is 11.8 Å². The lowest BCUT2D eigenvalue weighted by atomic mass is 10.1. The van der Waals surface area contributed by atoms with Crippen molar-refractivity contribution < 1.29 is 19.1 Å². The number of ether oxygens (including phenoxy) is 2. The van der Waals surface area contributed by atoms with Crippen molar-refractivity contribution in [1.29, 1.82) is 0 Å². The van der Waals surface area contributed by atoms with Crippen molar-refractivity contribution in [2.24, 2.45) is 0 Å². The van der Waals surface area contributed by atoms with Crippen LogP contribution in [0.15, 0.2) is 24.3 Å². The molecule has 1 aromatic rings. The molecule has 1 unspecified atom stereocenters. The van der Waals surface area contributed by atoms with E-state index in [-0.39, 0.29) is 5.78 Å². The van der Waals surface area contributed by atoms with E-state index in [0.29, 0.717) is 11.3 Å². The number of hydrogen-bond acceptors (Lipinski definition) is 4. The molecule has 4 heteroatoms. The third-order valence-corrected chi connectivity index (χ3v) is 2.09. The Bertz CT molecular complexity index is 398. The van der Waals surface area contributed by atoms with Crippen molar-refractivity contribution in [2.45, 2.75) is 20.0 Å². The topological polar surface area (TPSA) is 52.6 Å². The Morgan fingerprint density at radius 2 is 2.00 bits per heavy atom. The van der Waals surface area contributed by atoms with Crippen LogP contribution in [-0.4, -0.2) is 25.0 Å². The van der Waals surface area contributed by atoms with Crippen molar-refractivity contribution in [3.63, 3.8) is 0 Å². The molecule has 0 spiro atoms. The Labute approximate surface area is 94.2 Å². The maximum Gasteiger partial charge on any atom is 0.346 e. The first kappa shape index (κ1) is 12.2. The zero-order chi connectivity index (χ0) is 12.1. The summed E-state index contributed by atoms with van der Waals surface area (Å²) < 4.78 is 9.86. The van der Waals surface area contributed by atoms with Gasteiger partial charge in [-0.1, -0.05) is 12.1 Å². The van der Waals surface area contributed by atoms with Crippen LogP contribution in [0.5, 0.6) is 5.75 Å². The van der Waals surface area contributed by atoms with Crippen LogP contribution in [0, 0.1) is 0 Å². The number of esters is 1. The van der Waals surface area contributed by atoms with E-state index in [1.54, 1.807) is 31.2 Å². The number of methoxy groups -OCH3 is 1. The third-order valence-electron chi connectivity index (χ3n) is 2.09. The molecule has 16 heavy (non-hydrogen) atoms. The van der Waals surface area contributed by atoms with E-state index in [1.807, 2.05) is 0 Å². The molecule has 1 rings (SSSR count). The number of rotatable bonds is 4. The molecule has 0 aliphatic heterocycles. The van der Waals surface area contributed by atoms with E-state index in [1.165, 1.54) is 14.0 Å². The summed E-state index contributed by atoms with van der Waals surface area (Å²) >= 11 is 0. The van der Waals surface area contributed by atoms with Gasteiger partial charge in [0.1, 0.15) is 5.75 Å². The fourth-order valence-corrected chi connectivity index (χ4v) is 1.21. The summed E-state index contributed by atoms with van der Waals surface area (Å²) in [5.74, 6) is -0.0185. The van der Waals surface area contributed by atoms with Gasteiger partial charge in [0.05, 0.1) is 7.11 Å². The predicted molar refractivity (Wildman–Crippen MR) is 58.6 cm³/mol. The molecule has 4 nitrogen and oxygen atoms in total. The lowest BCUT2D eigenvalue weighted by Crippen LogP contribution is -2.24. The molecule has 0 aliphatic carbocycles. The fourth-order valence-electron chi connectivity index (χ4n) is 1.21. The van der Waals surface area contributed by atoms with E-state index in [0.717, 1.165) is 0 Å². The Morgan fingerprint density at radius 1 is 1.31 bits per heavy atom. The first-order chi connectivity index (χ1) is 7.54. The maximum atomic E-state index is 11.1. The van der Waals surface area contributed by atoms with Crippen molar-refractivity contribution in [3.8, 4) is 5.75 Å². The van der Waals surface area contributed by atoms with E-state index < -0.39 is 12.1 Å². The summed E-state index contributed by atoms with van der Waals surface area (Å²) in [6.45, 7) is 3.06. The molecule has 0 radical (unpaired) electrons. The number of hydrogen-bond donors (Lipinski definition) is 0. The Balaban J connectivity index is 2.78. The van der Waals surface area contributed by atoms with Crippen LogP contribution < -0.4 is 4.74 Å². The number of Topliss-reactive ketones (excluding diaryl/α,β-unsaturated/α-hetero) is 1. The normalized spacial score (nSPS) is 11.7. The zero-order valence-corrected chi connectivity index (χ0v) is 9.52. The summed E-state index contributed by atoms with van der Waals surface area (Å²) in [5, 5.41) is 0. The van der Waals surface area contributed by atoms with E-state index >= 15 is 0 Å². The molecule has 0 aliphatic rings. The van der Waals surface area contributed by atoms with Crippen LogP contribution in [0.1, 0.15) is 24.2 Å². The van der Waals surface area contributed by atoms with Crippen LogP contribution in [0.2, 0.25) is 0 Å². The molecule has 0 saturated carbocycles. The highest BCUT2D eigenvalue weighted by atomic mass is 16.6. The second kappa shape index (κ2) is 5.30. The molecule has 0 saturated heterocycles. The van der Waals surface area contributed by atoms with Gasteiger partial charge in [-0.25, -0.2) is 4.79 Å². The molecule has 0 amide bonds. The highest BCUT2D eigenvalue weighted by molar-refractivity contribution is 5.94. The number of ketones is 1. The highest BCUT2D eigenvalue weighted by Gasteiger charge is 2.14. The molecule has 0 N–H and O–H groups in total. The molecular weight excluding hydrogens is 208 g/mol. The minimum Gasteiger partial charge on any atom is -0.479 e. The quantitative estimate of drug-likeness (QED) is 0.576. The Kier molecular flexibility index (Phi) is 4.05.